The van der Waals surface area contributed by atoms with E-state index in [9.17, 15) is 8.78 Å². The summed E-state index contributed by atoms with van der Waals surface area (Å²) < 4.78 is 26.1. The zero-order valence-corrected chi connectivity index (χ0v) is 8.79. The average Bonchev–Trinajstić information content (AvgIpc) is 2.70. The Morgan fingerprint density at radius 3 is 2.19 bits per heavy atom. The maximum Gasteiger partial charge on any atom is 0.126 e. The molecule has 0 bridgehead atoms. The predicted octanol–water partition coefficient (Wildman–Crippen LogP) is 2.63. The first-order valence-corrected chi connectivity index (χ1v) is 5.30. The molecule has 0 spiro atoms. The van der Waals surface area contributed by atoms with Crippen molar-refractivity contribution in [1.29, 1.82) is 5.26 Å². The molecule has 16 heavy (non-hydrogen) atoms. The van der Waals surface area contributed by atoms with Gasteiger partial charge < -0.3 is 0 Å². The van der Waals surface area contributed by atoms with Crippen LogP contribution in [0.3, 0.4) is 0 Å². The van der Waals surface area contributed by atoms with Crippen molar-refractivity contribution in [2.24, 2.45) is 0 Å². The fourth-order valence-electron chi connectivity index (χ4n) is 2.10. The number of nitrogens with zero attached hydrogens (tertiary/aromatic N) is 2. The Hall–Kier alpha value is -1.47. The lowest BCUT2D eigenvalue weighted by atomic mass is 10.1. The smallest absolute Gasteiger partial charge is 0.126 e. The topological polar surface area (TPSA) is 27.0 Å². The van der Waals surface area contributed by atoms with Gasteiger partial charge in [0.25, 0.3) is 0 Å². The minimum atomic E-state index is -0.630. The summed E-state index contributed by atoms with van der Waals surface area (Å²) in [7, 11) is 0. The molecule has 4 heteroatoms. The lowest BCUT2D eigenvalue weighted by Gasteiger charge is -2.21. The van der Waals surface area contributed by atoms with Crippen LogP contribution in [0, 0.1) is 23.0 Å². The predicted molar refractivity (Wildman–Crippen MR) is 55.5 cm³/mol. The first kappa shape index (κ1) is 11.0. The SMILES string of the molecule is N#CC(c1cc(F)cc(F)c1)N1CCCC1. The summed E-state index contributed by atoms with van der Waals surface area (Å²) in [6.07, 6.45) is 2.08. The van der Waals surface area contributed by atoms with Crippen molar-refractivity contribution >= 4 is 0 Å². The van der Waals surface area contributed by atoms with Crippen molar-refractivity contribution in [3.05, 3.63) is 35.4 Å². The molecule has 1 unspecified atom stereocenters. The molecule has 0 amide bonds. The molecule has 1 saturated heterocycles. The van der Waals surface area contributed by atoms with E-state index in [-0.39, 0.29) is 0 Å². The van der Waals surface area contributed by atoms with Gasteiger partial charge in [0.15, 0.2) is 0 Å². The lowest BCUT2D eigenvalue weighted by molar-refractivity contribution is 0.293. The Bertz CT molecular complexity index is 399. The molecule has 1 atom stereocenters. The molecule has 0 aliphatic carbocycles. The Morgan fingerprint density at radius 1 is 1.12 bits per heavy atom. The summed E-state index contributed by atoms with van der Waals surface area (Å²) in [4.78, 5) is 1.95. The van der Waals surface area contributed by atoms with E-state index in [4.69, 9.17) is 5.26 Å². The van der Waals surface area contributed by atoms with Gasteiger partial charge in [-0.15, -0.1) is 0 Å². The highest BCUT2D eigenvalue weighted by Gasteiger charge is 2.23. The molecule has 2 rings (SSSR count). The van der Waals surface area contributed by atoms with Gasteiger partial charge in [-0.2, -0.15) is 5.26 Å². The number of halogens is 2. The van der Waals surface area contributed by atoms with Crippen LogP contribution in [0.2, 0.25) is 0 Å². The van der Waals surface area contributed by atoms with Crippen molar-refractivity contribution in [1.82, 2.24) is 4.90 Å². The van der Waals surface area contributed by atoms with E-state index in [0.717, 1.165) is 32.0 Å². The highest BCUT2D eigenvalue weighted by Crippen LogP contribution is 2.25. The van der Waals surface area contributed by atoms with E-state index in [1.807, 2.05) is 4.90 Å². The van der Waals surface area contributed by atoms with E-state index in [1.165, 1.54) is 12.1 Å². The van der Waals surface area contributed by atoms with Gasteiger partial charge in [-0.1, -0.05) is 0 Å². The van der Waals surface area contributed by atoms with Gasteiger partial charge in [-0.25, -0.2) is 8.78 Å². The molecule has 0 saturated carbocycles. The largest absolute Gasteiger partial charge is 0.284 e. The van der Waals surface area contributed by atoms with Gasteiger partial charge in [-0.05, 0) is 43.6 Å². The van der Waals surface area contributed by atoms with Crippen LogP contribution in [-0.2, 0) is 0 Å². The van der Waals surface area contributed by atoms with E-state index >= 15 is 0 Å². The molecule has 84 valence electrons. The van der Waals surface area contributed by atoms with E-state index in [0.29, 0.717) is 5.56 Å². The van der Waals surface area contributed by atoms with E-state index in [1.54, 1.807) is 0 Å². The summed E-state index contributed by atoms with van der Waals surface area (Å²) in [6.45, 7) is 1.63. The summed E-state index contributed by atoms with van der Waals surface area (Å²) in [5, 5.41) is 9.09. The second-order valence-corrected chi connectivity index (χ2v) is 3.98. The monoisotopic (exact) mass is 222 g/mol. The van der Waals surface area contributed by atoms with Crippen molar-refractivity contribution < 1.29 is 8.78 Å². The Balaban J connectivity index is 2.29. The van der Waals surface area contributed by atoms with Gasteiger partial charge in [0.2, 0.25) is 0 Å². The number of hydrogen-bond acceptors (Lipinski definition) is 2. The van der Waals surface area contributed by atoms with Crippen LogP contribution in [0.25, 0.3) is 0 Å². The maximum absolute atomic E-state index is 13.0. The van der Waals surface area contributed by atoms with Crippen molar-refractivity contribution in [2.45, 2.75) is 18.9 Å². The Labute approximate surface area is 93.1 Å². The van der Waals surface area contributed by atoms with E-state index < -0.39 is 17.7 Å². The molecule has 0 radical (unpaired) electrons. The second-order valence-electron chi connectivity index (χ2n) is 3.98. The molecule has 1 fully saturated rings. The third kappa shape index (κ3) is 2.20. The number of likely N-dealkylation sites (tertiary alicyclic amines) is 1. The second kappa shape index (κ2) is 4.58. The average molecular weight is 222 g/mol. The van der Waals surface area contributed by atoms with Gasteiger partial charge in [0, 0.05) is 6.07 Å². The van der Waals surface area contributed by atoms with Crippen LogP contribution in [0.4, 0.5) is 8.78 Å². The summed E-state index contributed by atoms with van der Waals surface area (Å²) in [5.74, 6) is -1.26. The minimum absolute atomic E-state index is 0.405. The summed E-state index contributed by atoms with van der Waals surface area (Å²) >= 11 is 0. The van der Waals surface area contributed by atoms with Crippen molar-refractivity contribution in [3.8, 4) is 6.07 Å². The normalized spacial score (nSPS) is 18.3. The molecule has 1 aliphatic rings. The Morgan fingerprint density at radius 2 is 1.69 bits per heavy atom. The van der Waals surface area contributed by atoms with Crippen molar-refractivity contribution in [2.75, 3.05) is 13.1 Å². The van der Waals surface area contributed by atoms with Crippen LogP contribution >= 0.6 is 0 Å². The highest BCUT2D eigenvalue weighted by atomic mass is 19.1. The fraction of sp³-hybridized carbons (Fsp3) is 0.417. The molecule has 1 aliphatic heterocycles. The summed E-state index contributed by atoms with van der Waals surface area (Å²) in [5.41, 5.74) is 0.405. The molecular weight excluding hydrogens is 210 g/mol. The molecule has 1 aromatic carbocycles. The third-order valence-electron chi connectivity index (χ3n) is 2.83. The van der Waals surface area contributed by atoms with Gasteiger partial charge in [0.05, 0.1) is 6.07 Å². The number of hydrogen-bond donors (Lipinski definition) is 0. The van der Waals surface area contributed by atoms with Gasteiger partial charge in [-0.3, -0.25) is 4.90 Å². The van der Waals surface area contributed by atoms with E-state index in [2.05, 4.69) is 6.07 Å². The quantitative estimate of drug-likeness (QED) is 0.769. The van der Waals surface area contributed by atoms with Crippen molar-refractivity contribution in [3.63, 3.8) is 0 Å². The first-order chi connectivity index (χ1) is 7.70. The molecule has 1 heterocycles. The van der Waals surface area contributed by atoms with Crippen LogP contribution in [0.1, 0.15) is 24.4 Å². The molecule has 0 N–H and O–H groups in total. The fourth-order valence-corrected chi connectivity index (χ4v) is 2.10. The van der Waals surface area contributed by atoms with Crippen LogP contribution in [-0.4, -0.2) is 18.0 Å². The minimum Gasteiger partial charge on any atom is -0.284 e. The van der Waals surface area contributed by atoms with Gasteiger partial charge in [0.1, 0.15) is 17.7 Å². The molecule has 2 nitrogen and oxygen atoms in total. The number of nitriles is 1. The molecule has 1 aromatic rings. The van der Waals surface area contributed by atoms with Crippen LogP contribution < -0.4 is 0 Å². The van der Waals surface area contributed by atoms with Crippen LogP contribution in [0.15, 0.2) is 18.2 Å². The van der Waals surface area contributed by atoms with Gasteiger partial charge >= 0.3 is 0 Å². The zero-order chi connectivity index (χ0) is 11.5. The zero-order valence-electron chi connectivity index (χ0n) is 8.79. The molecular formula is C12H12F2N2. The third-order valence-corrected chi connectivity index (χ3v) is 2.83. The highest BCUT2D eigenvalue weighted by molar-refractivity contribution is 5.26. The number of benzene rings is 1. The first-order valence-electron chi connectivity index (χ1n) is 5.30. The summed E-state index contributed by atoms with van der Waals surface area (Å²) in [6, 6.07) is 4.86. The standard InChI is InChI=1S/C12H12F2N2/c13-10-5-9(6-11(14)7-10)12(8-15)16-3-1-2-4-16/h5-7,12H,1-4H2. The van der Waals surface area contributed by atoms with Crippen LogP contribution in [0.5, 0.6) is 0 Å². The molecule has 0 aromatic heterocycles. The lowest BCUT2D eigenvalue weighted by Crippen LogP contribution is -2.24. The maximum atomic E-state index is 13.0. The Kier molecular flexibility index (Phi) is 3.16. The number of rotatable bonds is 2.